The van der Waals surface area contributed by atoms with Crippen LogP contribution in [0.3, 0.4) is 0 Å². The van der Waals surface area contributed by atoms with Gasteiger partial charge in [-0.1, -0.05) is 0 Å². The number of nitrogens with two attached hydrogens (primary N) is 1. The van der Waals surface area contributed by atoms with E-state index in [1.807, 2.05) is 29.9 Å². The van der Waals surface area contributed by atoms with E-state index in [0.29, 0.717) is 5.11 Å². The predicted octanol–water partition coefficient (Wildman–Crippen LogP) is -0.479. The van der Waals surface area contributed by atoms with Crippen molar-refractivity contribution in [2.45, 2.75) is 0 Å². The normalized spacial score (nSPS) is 9.00. The third kappa shape index (κ3) is 4.50. The largest absolute Gasteiger partial charge is 0.300 e. The number of thiocarbonyl (C=S) groups is 1. The van der Waals surface area contributed by atoms with Crippen molar-refractivity contribution in [1.82, 2.24) is 14.1 Å². The highest BCUT2D eigenvalue weighted by Crippen LogP contribution is 1.83. The average Bonchev–Trinajstić information content (AvgIpc) is 1.65. The number of hydrogen-bond acceptors (Lipinski definition) is 3. The summed E-state index contributed by atoms with van der Waals surface area (Å²) in [6.45, 7) is 0. The number of nitrogens with zero attached hydrogens (tertiary/aromatic N) is 1. The van der Waals surface area contributed by atoms with Gasteiger partial charge in [0.2, 0.25) is 0 Å². The van der Waals surface area contributed by atoms with Crippen LogP contribution in [0.15, 0.2) is 0 Å². The third-order valence-corrected chi connectivity index (χ3v) is 0.837. The fourth-order valence-corrected chi connectivity index (χ4v) is 0.714. The van der Waals surface area contributed by atoms with Crippen molar-refractivity contribution in [3.63, 3.8) is 0 Å². The number of rotatable bonds is 1. The first-order valence-electron chi connectivity index (χ1n) is 1.83. The summed E-state index contributed by atoms with van der Waals surface area (Å²) in [5.74, 6) is 4.94. The fourth-order valence-electron chi connectivity index (χ4n) is 0.172. The molecule has 0 heterocycles. The van der Waals surface area contributed by atoms with Crippen LogP contribution in [-0.2, 0) is 0 Å². The lowest BCUT2D eigenvalue weighted by atomic mass is 11.1. The molecule has 0 saturated carbocycles. The molecular formula is C2H7IN4S. The van der Waals surface area contributed by atoms with Crippen molar-refractivity contribution in [2.75, 3.05) is 7.05 Å². The molecular weight excluding hydrogens is 239 g/mol. The first-order valence-corrected chi connectivity index (χ1v) is 3.21. The molecule has 0 rings (SSSR count). The van der Waals surface area contributed by atoms with E-state index in [9.17, 15) is 0 Å². The Balaban J connectivity index is 3.25. The van der Waals surface area contributed by atoms with Gasteiger partial charge in [-0.25, -0.2) is 5.84 Å². The molecule has 4 nitrogen and oxygen atoms in total. The molecule has 48 valence electrons. The topological polar surface area (TPSA) is 53.3 Å². The Morgan fingerprint density at radius 3 is 2.50 bits per heavy atom. The van der Waals surface area contributed by atoms with Crippen LogP contribution in [0.4, 0.5) is 0 Å². The second kappa shape index (κ2) is 4.24. The Morgan fingerprint density at radius 1 is 1.88 bits per heavy atom. The maximum absolute atomic E-state index is 4.94. The molecule has 0 amide bonds. The van der Waals surface area contributed by atoms with Crippen molar-refractivity contribution in [2.24, 2.45) is 5.84 Å². The van der Waals surface area contributed by atoms with Crippen LogP contribution in [0, 0.1) is 0 Å². The monoisotopic (exact) mass is 246 g/mol. The molecule has 0 unspecified atom stereocenters. The lowest BCUT2D eigenvalue weighted by Crippen LogP contribution is -2.43. The summed E-state index contributed by atoms with van der Waals surface area (Å²) in [7, 11) is 1.81. The Morgan fingerprint density at radius 2 is 2.38 bits per heavy atom. The lowest BCUT2D eigenvalue weighted by molar-refractivity contribution is 0.556. The van der Waals surface area contributed by atoms with Crippen LogP contribution in [0.25, 0.3) is 0 Å². The van der Waals surface area contributed by atoms with Gasteiger partial charge in [-0.3, -0.25) is 10.9 Å². The van der Waals surface area contributed by atoms with E-state index >= 15 is 0 Å². The molecule has 0 aromatic carbocycles. The van der Waals surface area contributed by atoms with E-state index in [-0.39, 0.29) is 0 Å². The maximum atomic E-state index is 4.94. The highest BCUT2D eigenvalue weighted by atomic mass is 127. The molecule has 0 bridgehead atoms. The molecule has 8 heavy (non-hydrogen) atoms. The van der Waals surface area contributed by atoms with Gasteiger partial charge in [0.25, 0.3) is 0 Å². The number of halogens is 1. The zero-order valence-electron chi connectivity index (χ0n) is 4.31. The zero-order valence-corrected chi connectivity index (χ0v) is 7.28. The summed E-state index contributed by atoms with van der Waals surface area (Å²) in [4.78, 5) is 0. The Bertz CT molecular complexity index is 84.1. The van der Waals surface area contributed by atoms with Gasteiger partial charge in [0.05, 0.1) is 0 Å². The van der Waals surface area contributed by atoms with Gasteiger partial charge in [0.1, 0.15) is 0 Å². The average molecular weight is 246 g/mol. The highest BCUT2D eigenvalue weighted by molar-refractivity contribution is 14.1. The van der Waals surface area contributed by atoms with E-state index in [2.05, 4.69) is 23.1 Å². The van der Waals surface area contributed by atoms with Crippen molar-refractivity contribution < 1.29 is 0 Å². The van der Waals surface area contributed by atoms with Crippen molar-refractivity contribution in [3.05, 3.63) is 0 Å². The Labute approximate surface area is 67.2 Å². The van der Waals surface area contributed by atoms with Crippen LogP contribution in [0.2, 0.25) is 0 Å². The Kier molecular flexibility index (Phi) is 4.42. The van der Waals surface area contributed by atoms with Gasteiger partial charge in [0.15, 0.2) is 5.11 Å². The molecule has 4 N–H and O–H groups in total. The standard InChI is InChI=1S/C2H7IN4S/c1-7(3)6-2(8)5-4/h4H2,1H3,(H2,5,6,8). The van der Waals surface area contributed by atoms with Crippen molar-refractivity contribution in [1.29, 1.82) is 0 Å². The van der Waals surface area contributed by atoms with Crippen molar-refractivity contribution in [3.8, 4) is 0 Å². The minimum Gasteiger partial charge on any atom is -0.300 e. The summed E-state index contributed by atoms with van der Waals surface area (Å²) in [5, 5.41) is 0.405. The van der Waals surface area contributed by atoms with Gasteiger partial charge in [-0.2, -0.15) is 3.22 Å². The van der Waals surface area contributed by atoms with Crippen LogP contribution >= 0.6 is 35.1 Å². The lowest BCUT2D eigenvalue weighted by Gasteiger charge is -2.09. The van der Waals surface area contributed by atoms with E-state index in [0.717, 1.165) is 0 Å². The first-order chi connectivity index (χ1) is 3.66. The van der Waals surface area contributed by atoms with Crippen LogP contribution in [-0.4, -0.2) is 15.4 Å². The van der Waals surface area contributed by atoms with Crippen LogP contribution in [0.5, 0.6) is 0 Å². The SMILES string of the molecule is CN(I)NC(=S)NN. The summed E-state index contributed by atoms with van der Waals surface area (Å²) in [6, 6.07) is 0. The summed E-state index contributed by atoms with van der Waals surface area (Å²) in [5.41, 5.74) is 4.98. The van der Waals surface area contributed by atoms with Crippen LogP contribution < -0.4 is 16.7 Å². The third-order valence-electron chi connectivity index (χ3n) is 0.387. The number of nitrogens with one attached hydrogen (secondary N) is 2. The molecule has 0 aliphatic heterocycles. The van der Waals surface area contributed by atoms with Crippen LogP contribution in [0.1, 0.15) is 0 Å². The van der Waals surface area contributed by atoms with Crippen molar-refractivity contribution >= 4 is 40.2 Å². The summed E-state index contributed by atoms with van der Waals surface area (Å²) < 4.78 is 1.67. The molecule has 0 aliphatic rings. The second-order valence-corrected chi connectivity index (χ2v) is 2.92. The Hall–Kier alpha value is 0.340. The molecule has 0 spiro atoms. The van der Waals surface area contributed by atoms with Gasteiger partial charge >= 0.3 is 0 Å². The maximum Gasteiger partial charge on any atom is 0.195 e. The van der Waals surface area contributed by atoms with Gasteiger partial charge in [-0.05, 0) is 12.2 Å². The molecule has 0 aromatic heterocycles. The van der Waals surface area contributed by atoms with E-state index in [1.54, 1.807) is 3.22 Å². The minimum absolute atomic E-state index is 0.405. The molecule has 0 saturated heterocycles. The molecule has 0 atom stereocenters. The molecule has 0 radical (unpaired) electrons. The summed E-state index contributed by atoms with van der Waals surface area (Å²) >= 11 is 6.66. The highest BCUT2D eigenvalue weighted by Gasteiger charge is 1.90. The molecule has 0 aliphatic carbocycles. The zero-order chi connectivity index (χ0) is 6.57. The van der Waals surface area contributed by atoms with E-state index < -0.39 is 0 Å². The summed E-state index contributed by atoms with van der Waals surface area (Å²) in [6.07, 6.45) is 0. The van der Waals surface area contributed by atoms with Gasteiger partial charge in [0, 0.05) is 29.9 Å². The smallest absolute Gasteiger partial charge is 0.195 e. The quantitative estimate of drug-likeness (QED) is 0.192. The molecule has 0 fully saturated rings. The fraction of sp³-hybridized carbons (Fsp3) is 0.500. The number of hydrazine groups is 2. The molecule has 0 aromatic rings. The first kappa shape index (κ1) is 8.34. The predicted molar refractivity (Wildman–Crippen MR) is 44.8 cm³/mol. The van der Waals surface area contributed by atoms with Gasteiger partial charge < -0.3 is 0 Å². The van der Waals surface area contributed by atoms with E-state index in [4.69, 9.17) is 5.84 Å². The van der Waals surface area contributed by atoms with Gasteiger partial charge in [-0.15, -0.1) is 0 Å². The molecule has 6 heteroatoms. The minimum atomic E-state index is 0.405. The van der Waals surface area contributed by atoms with E-state index in [1.165, 1.54) is 0 Å². The number of hydrogen-bond donors (Lipinski definition) is 3. The second-order valence-electron chi connectivity index (χ2n) is 1.06.